The topological polar surface area (TPSA) is 30.7 Å². The summed E-state index contributed by atoms with van der Waals surface area (Å²) in [6, 6.07) is 28.6. The molecule has 0 amide bonds. The van der Waals surface area contributed by atoms with E-state index in [1.54, 1.807) is 6.33 Å². The molecule has 3 nitrogen and oxygen atoms in total. The fraction of sp³-hybridized carbons (Fsp3) is 0.103. The van der Waals surface area contributed by atoms with Crippen LogP contribution in [0.3, 0.4) is 0 Å². The van der Waals surface area contributed by atoms with E-state index in [4.69, 9.17) is 0 Å². The van der Waals surface area contributed by atoms with E-state index < -0.39 is 0 Å². The van der Waals surface area contributed by atoms with Crippen molar-refractivity contribution >= 4 is 32.6 Å². The first kappa shape index (κ1) is 17.7. The fourth-order valence-corrected chi connectivity index (χ4v) is 5.61. The van der Waals surface area contributed by atoms with Crippen LogP contribution in [0, 0.1) is 0 Å². The van der Waals surface area contributed by atoms with E-state index in [9.17, 15) is 0 Å². The van der Waals surface area contributed by atoms with Crippen molar-refractivity contribution in [1.82, 2.24) is 14.5 Å². The largest absolute Gasteiger partial charge is 0.293 e. The van der Waals surface area contributed by atoms with Gasteiger partial charge in [0.1, 0.15) is 12.1 Å². The number of nitrogens with zero attached hydrogens (tertiary/aromatic N) is 3. The molecule has 2 aromatic heterocycles. The van der Waals surface area contributed by atoms with Crippen molar-refractivity contribution in [3.8, 4) is 16.9 Å². The zero-order valence-electron chi connectivity index (χ0n) is 18.0. The molecule has 4 aromatic carbocycles. The molecule has 7 rings (SSSR count). The van der Waals surface area contributed by atoms with Gasteiger partial charge >= 0.3 is 0 Å². The molecule has 6 aromatic rings. The number of benzene rings is 4. The van der Waals surface area contributed by atoms with Crippen molar-refractivity contribution in [3.05, 3.63) is 103 Å². The molecule has 1 aliphatic carbocycles. The number of hydrogen-bond donors (Lipinski definition) is 0. The van der Waals surface area contributed by atoms with Crippen molar-refractivity contribution in [2.75, 3.05) is 0 Å². The number of rotatable bonds is 1. The van der Waals surface area contributed by atoms with E-state index in [1.165, 1.54) is 54.8 Å². The third-order valence-electron chi connectivity index (χ3n) is 7.13. The van der Waals surface area contributed by atoms with Crippen LogP contribution < -0.4 is 0 Å². The van der Waals surface area contributed by atoms with Gasteiger partial charge in [-0.2, -0.15) is 0 Å². The fourth-order valence-electron chi connectivity index (χ4n) is 5.61. The van der Waals surface area contributed by atoms with Gasteiger partial charge in [0.15, 0.2) is 0 Å². The predicted molar refractivity (Wildman–Crippen MR) is 131 cm³/mol. The van der Waals surface area contributed by atoms with Crippen LogP contribution in [0.2, 0.25) is 0 Å². The predicted octanol–water partition coefficient (Wildman–Crippen LogP) is 7.03. The molecule has 0 atom stereocenters. The van der Waals surface area contributed by atoms with E-state index in [0.29, 0.717) is 0 Å². The Morgan fingerprint density at radius 3 is 2.34 bits per heavy atom. The summed E-state index contributed by atoms with van der Waals surface area (Å²) in [5.74, 6) is 0.895. The first-order chi connectivity index (χ1) is 15.6. The molecule has 0 spiro atoms. The third-order valence-corrected chi connectivity index (χ3v) is 7.13. The highest BCUT2D eigenvalue weighted by Gasteiger charge is 2.38. The lowest BCUT2D eigenvalue weighted by molar-refractivity contribution is 0.661. The van der Waals surface area contributed by atoms with Crippen LogP contribution in [0.25, 0.3) is 49.5 Å². The minimum Gasteiger partial charge on any atom is -0.293 e. The molecule has 152 valence electrons. The van der Waals surface area contributed by atoms with Crippen molar-refractivity contribution in [3.63, 3.8) is 0 Å². The summed E-state index contributed by atoms with van der Waals surface area (Å²) >= 11 is 0. The van der Waals surface area contributed by atoms with Gasteiger partial charge in [0.2, 0.25) is 0 Å². The average molecular weight is 412 g/mol. The van der Waals surface area contributed by atoms with Gasteiger partial charge in [0.25, 0.3) is 0 Å². The Bertz CT molecular complexity index is 1690. The zero-order chi connectivity index (χ0) is 21.4. The molecule has 0 bridgehead atoms. The summed E-state index contributed by atoms with van der Waals surface area (Å²) < 4.78 is 2.31. The molecule has 0 unspecified atom stereocenters. The van der Waals surface area contributed by atoms with Gasteiger partial charge in [-0.15, -0.1) is 0 Å². The first-order valence-electron chi connectivity index (χ1n) is 11.0. The monoisotopic (exact) mass is 411 g/mol. The number of aromatic nitrogens is 3. The molecule has 3 heteroatoms. The maximum atomic E-state index is 4.64. The Balaban J connectivity index is 1.72. The molecular weight excluding hydrogens is 390 g/mol. The molecule has 32 heavy (non-hydrogen) atoms. The van der Waals surface area contributed by atoms with Gasteiger partial charge in [0, 0.05) is 27.9 Å². The van der Waals surface area contributed by atoms with Crippen LogP contribution in [0.5, 0.6) is 0 Å². The van der Waals surface area contributed by atoms with Gasteiger partial charge in [-0.05, 0) is 51.7 Å². The quantitative estimate of drug-likeness (QED) is 0.291. The second-order valence-electron chi connectivity index (χ2n) is 9.17. The summed E-state index contributed by atoms with van der Waals surface area (Å²) in [6.45, 7) is 4.69. The summed E-state index contributed by atoms with van der Waals surface area (Å²) in [4.78, 5) is 8.80. The van der Waals surface area contributed by atoms with Gasteiger partial charge < -0.3 is 0 Å². The highest BCUT2D eigenvalue weighted by atomic mass is 15.1. The lowest BCUT2D eigenvalue weighted by atomic mass is 9.82. The average Bonchev–Trinajstić information content (AvgIpc) is 3.28. The van der Waals surface area contributed by atoms with Crippen LogP contribution in [0.1, 0.15) is 25.0 Å². The van der Waals surface area contributed by atoms with Gasteiger partial charge in [-0.1, -0.05) is 68.4 Å². The lowest BCUT2D eigenvalue weighted by Crippen LogP contribution is -2.14. The van der Waals surface area contributed by atoms with Gasteiger partial charge in [0.05, 0.1) is 11.0 Å². The number of hydrogen-bond acceptors (Lipinski definition) is 2. The second kappa shape index (κ2) is 6.04. The number of fused-ring (bicyclic) bond motifs is 8. The standard InChI is InChI=1S/C29H21N3/c1-29(2)23-12-11-21-20-9-5-6-10-25(20)32(26-13-14-30-17-31-26)28(21)27(23)22-15-18-7-3-4-8-19(18)16-24(22)29/h3-17H,1-2H3. The van der Waals surface area contributed by atoms with E-state index in [2.05, 4.69) is 101 Å². The zero-order valence-corrected chi connectivity index (χ0v) is 18.0. The smallest absolute Gasteiger partial charge is 0.140 e. The Morgan fingerprint density at radius 2 is 1.53 bits per heavy atom. The summed E-state index contributed by atoms with van der Waals surface area (Å²) in [6.07, 6.45) is 3.45. The molecule has 0 fully saturated rings. The van der Waals surface area contributed by atoms with Crippen LogP contribution in [0.4, 0.5) is 0 Å². The van der Waals surface area contributed by atoms with Crippen molar-refractivity contribution < 1.29 is 0 Å². The Labute approximate surface area is 186 Å². The summed E-state index contributed by atoms with van der Waals surface area (Å²) in [5.41, 5.74) is 7.73. The molecule has 0 saturated heterocycles. The molecule has 1 aliphatic rings. The van der Waals surface area contributed by atoms with Gasteiger partial charge in [-0.3, -0.25) is 4.57 Å². The summed E-state index contributed by atoms with van der Waals surface area (Å²) in [5, 5.41) is 5.07. The van der Waals surface area contributed by atoms with Crippen molar-refractivity contribution in [1.29, 1.82) is 0 Å². The third kappa shape index (κ3) is 2.15. The molecule has 0 N–H and O–H groups in total. The van der Waals surface area contributed by atoms with Gasteiger partial charge in [-0.25, -0.2) is 9.97 Å². The molecule has 0 radical (unpaired) electrons. The normalized spacial score (nSPS) is 14.2. The van der Waals surface area contributed by atoms with Crippen LogP contribution in [-0.4, -0.2) is 14.5 Å². The molecule has 0 aliphatic heterocycles. The highest BCUT2D eigenvalue weighted by molar-refractivity contribution is 6.16. The lowest BCUT2D eigenvalue weighted by Gasteiger charge is -2.21. The maximum absolute atomic E-state index is 4.64. The highest BCUT2D eigenvalue weighted by Crippen LogP contribution is 2.53. The molecule has 2 heterocycles. The molecular formula is C29H21N3. The maximum Gasteiger partial charge on any atom is 0.140 e. The Kier molecular flexibility index (Phi) is 3.34. The van der Waals surface area contributed by atoms with Crippen LogP contribution in [0.15, 0.2) is 91.4 Å². The SMILES string of the molecule is CC1(C)c2cc3ccccc3cc2-c2c1ccc1c3ccccc3n(-c3ccncn3)c21. The molecule has 0 saturated carbocycles. The first-order valence-corrected chi connectivity index (χ1v) is 11.0. The van der Waals surface area contributed by atoms with E-state index in [-0.39, 0.29) is 5.41 Å². The van der Waals surface area contributed by atoms with Crippen molar-refractivity contribution in [2.45, 2.75) is 19.3 Å². The second-order valence-corrected chi connectivity index (χ2v) is 9.17. The van der Waals surface area contributed by atoms with Crippen LogP contribution in [-0.2, 0) is 5.41 Å². The van der Waals surface area contributed by atoms with E-state index in [0.717, 1.165) is 5.82 Å². The van der Waals surface area contributed by atoms with Crippen LogP contribution >= 0.6 is 0 Å². The summed E-state index contributed by atoms with van der Waals surface area (Å²) in [7, 11) is 0. The van der Waals surface area contributed by atoms with E-state index in [1.807, 2.05) is 12.3 Å². The number of para-hydroxylation sites is 1. The minimum atomic E-state index is -0.0736. The van der Waals surface area contributed by atoms with Crippen molar-refractivity contribution in [2.24, 2.45) is 0 Å². The Hall–Kier alpha value is -3.98. The van der Waals surface area contributed by atoms with E-state index >= 15 is 0 Å². The Morgan fingerprint density at radius 1 is 0.750 bits per heavy atom. The minimum absolute atomic E-state index is 0.0736.